The van der Waals surface area contributed by atoms with Gasteiger partial charge in [0.15, 0.2) is 17.3 Å². The summed E-state index contributed by atoms with van der Waals surface area (Å²) in [4.78, 5) is 30.9. The number of fused-ring (bicyclic) bond motifs is 1. The minimum absolute atomic E-state index is 0.114. The van der Waals surface area contributed by atoms with Gasteiger partial charge in [-0.2, -0.15) is 0 Å². The van der Waals surface area contributed by atoms with Gasteiger partial charge in [-0.3, -0.25) is 9.69 Å². The van der Waals surface area contributed by atoms with Crippen LogP contribution in [-0.2, 0) is 16.9 Å². The number of ether oxygens (including phenoxy) is 2. The molecule has 1 N–H and O–H groups in total. The smallest absolute Gasteiger partial charge is 0.325 e. The third kappa shape index (κ3) is 2.86. The Morgan fingerprint density at radius 1 is 1.13 bits per heavy atom. The van der Waals surface area contributed by atoms with Crippen molar-refractivity contribution in [2.24, 2.45) is 0 Å². The van der Waals surface area contributed by atoms with Crippen molar-refractivity contribution < 1.29 is 27.9 Å². The molecular weight excluding hydrogens is 393 g/mol. The first-order chi connectivity index (χ1) is 14.4. The zero-order valence-electron chi connectivity index (χ0n) is 15.8. The van der Waals surface area contributed by atoms with E-state index in [4.69, 9.17) is 13.9 Å². The number of halogens is 1. The van der Waals surface area contributed by atoms with E-state index >= 15 is 0 Å². The first-order valence-electron chi connectivity index (χ1n) is 9.19. The number of hydrogen-bond donors (Lipinski definition) is 1. The highest BCUT2D eigenvalue weighted by atomic mass is 19.1. The number of urea groups is 1. The summed E-state index contributed by atoms with van der Waals surface area (Å²) in [7, 11) is 0. The lowest BCUT2D eigenvalue weighted by molar-refractivity contribution is -0.131. The van der Waals surface area contributed by atoms with Gasteiger partial charge in [-0.05, 0) is 48.9 Å². The third-order valence-corrected chi connectivity index (χ3v) is 5.20. The lowest BCUT2D eigenvalue weighted by atomic mass is 9.91. The Bertz CT molecular complexity index is 1160. The molecule has 0 spiro atoms. The summed E-state index contributed by atoms with van der Waals surface area (Å²) < 4.78 is 29.4. The molecule has 0 aliphatic carbocycles. The van der Waals surface area contributed by atoms with Crippen LogP contribution in [0.1, 0.15) is 18.4 Å². The van der Waals surface area contributed by atoms with Gasteiger partial charge in [0.05, 0.1) is 6.20 Å². The molecule has 5 rings (SSSR count). The molecule has 0 unspecified atom stereocenters. The summed E-state index contributed by atoms with van der Waals surface area (Å²) in [5, 5.41) is 2.73. The Hall–Kier alpha value is -3.88. The van der Waals surface area contributed by atoms with E-state index in [-0.39, 0.29) is 25.0 Å². The Balaban J connectivity index is 1.38. The number of carbonyl (C=O) groups excluding carboxylic acids is 2. The lowest BCUT2D eigenvalue weighted by Crippen LogP contribution is -2.40. The molecule has 1 fully saturated rings. The lowest BCUT2D eigenvalue weighted by Gasteiger charge is -2.22. The average Bonchev–Trinajstić information content (AvgIpc) is 3.44. The molecule has 3 heterocycles. The Kier molecular flexibility index (Phi) is 3.99. The number of amides is 3. The van der Waals surface area contributed by atoms with Gasteiger partial charge in [0.1, 0.15) is 17.9 Å². The van der Waals surface area contributed by atoms with Crippen molar-refractivity contribution in [1.29, 1.82) is 0 Å². The van der Waals surface area contributed by atoms with Crippen molar-refractivity contribution in [3.05, 3.63) is 65.9 Å². The van der Waals surface area contributed by atoms with E-state index in [0.29, 0.717) is 28.4 Å². The first kappa shape index (κ1) is 18.2. The summed E-state index contributed by atoms with van der Waals surface area (Å²) in [5.41, 5.74) is -0.0469. The third-order valence-electron chi connectivity index (χ3n) is 5.20. The van der Waals surface area contributed by atoms with Crippen LogP contribution in [0.15, 0.2) is 53.1 Å². The second kappa shape index (κ2) is 6.58. The quantitative estimate of drug-likeness (QED) is 0.666. The van der Waals surface area contributed by atoms with Crippen molar-refractivity contribution in [1.82, 2.24) is 15.2 Å². The maximum atomic E-state index is 13.1. The molecule has 3 amide bonds. The Labute approximate surface area is 170 Å². The molecule has 9 heteroatoms. The largest absolute Gasteiger partial charge is 0.454 e. The molecule has 8 nitrogen and oxygen atoms in total. The monoisotopic (exact) mass is 409 g/mol. The molecular formula is C21H16FN3O5. The maximum Gasteiger partial charge on any atom is 0.325 e. The van der Waals surface area contributed by atoms with Crippen LogP contribution >= 0.6 is 0 Å². The van der Waals surface area contributed by atoms with Gasteiger partial charge in [-0.25, -0.2) is 14.2 Å². The highest BCUT2D eigenvalue weighted by Crippen LogP contribution is 2.38. The van der Waals surface area contributed by atoms with Crippen molar-refractivity contribution >= 4 is 11.9 Å². The van der Waals surface area contributed by atoms with Crippen molar-refractivity contribution in [3.63, 3.8) is 0 Å². The van der Waals surface area contributed by atoms with Gasteiger partial charge in [-0.15, -0.1) is 0 Å². The number of oxazole rings is 1. The second-order valence-corrected chi connectivity index (χ2v) is 7.14. The fourth-order valence-corrected chi connectivity index (χ4v) is 3.51. The van der Waals surface area contributed by atoms with Gasteiger partial charge in [0.2, 0.25) is 12.7 Å². The van der Waals surface area contributed by atoms with Gasteiger partial charge in [0.25, 0.3) is 5.91 Å². The minimum atomic E-state index is -1.26. The highest BCUT2D eigenvalue weighted by Gasteiger charge is 2.49. The number of carbonyl (C=O) groups is 2. The molecule has 152 valence electrons. The molecule has 30 heavy (non-hydrogen) atoms. The standard InChI is InChI=1S/C21H16FN3O5/c1-21(13-4-7-15-16(8-13)29-11-28-15)19(26)25(20(27)24-21)10-18-23-9-17(30-18)12-2-5-14(22)6-3-12/h2-9H,10-11H2,1H3,(H,24,27)/t21-/m1/s1. The SMILES string of the molecule is C[C@]1(c2ccc3c(c2)OCO3)NC(=O)N(Cc2ncc(-c3ccc(F)cc3)o2)C1=O. The molecule has 0 saturated carbocycles. The number of nitrogens with zero attached hydrogens (tertiary/aromatic N) is 2. The number of nitrogens with one attached hydrogen (secondary N) is 1. The summed E-state index contributed by atoms with van der Waals surface area (Å²) in [6.07, 6.45) is 1.47. The molecule has 2 aromatic carbocycles. The number of hydrogen-bond acceptors (Lipinski definition) is 6. The van der Waals surface area contributed by atoms with Crippen LogP contribution in [0, 0.1) is 5.82 Å². The summed E-state index contributed by atoms with van der Waals surface area (Å²) in [6, 6.07) is 10.3. The predicted molar refractivity (Wildman–Crippen MR) is 101 cm³/mol. The Morgan fingerprint density at radius 3 is 2.70 bits per heavy atom. The predicted octanol–water partition coefficient (Wildman–Crippen LogP) is 3.18. The van der Waals surface area contributed by atoms with Crippen LogP contribution in [0.5, 0.6) is 11.5 Å². The van der Waals surface area contributed by atoms with E-state index in [2.05, 4.69) is 10.3 Å². The molecule has 0 radical (unpaired) electrons. The second-order valence-electron chi connectivity index (χ2n) is 7.14. The number of rotatable bonds is 4. The number of imide groups is 1. The molecule has 2 aliphatic rings. The zero-order valence-corrected chi connectivity index (χ0v) is 15.8. The van der Waals surface area contributed by atoms with Crippen LogP contribution in [0.4, 0.5) is 9.18 Å². The van der Waals surface area contributed by atoms with Gasteiger partial charge >= 0.3 is 6.03 Å². The molecule has 2 aliphatic heterocycles. The summed E-state index contributed by atoms with van der Waals surface area (Å²) in [6.45, 7) is 1.61. The van der Waals surface area contributed by atoms with Gasteiger partial charge in [0, 0.05) is 5.56 Å². The molecule has 1 saturated heterocycles. The normalized spacial score (nSPS) is 20.0. The molecule has 1 atom stereocenters. The highest BCUT2D eigenvalue weighted by molar-refractivity contribution is 6.07. The van der Waals surface area contributed by atoms with E-state index in [1.807, 2.05) is 0 Å². The van der Waals surface area contributed by atoms with Gasteiger partial charge in [-0.1, -0.05) is 6.07 Å². The van der Waals surface area contributed by atoms with Crippen LogP contribution in [0.3, 0.4) is 0 Å². The van der Waals surface area contributed by atoms with Gasteiger partial charge < -0.3 is 19.2 Å². The van der Waals surface area contributed by atoms with Crippen molar-refractivity contribution in [2.45, 2.75) is 19.0 Å². The topological polar surface area (TPSA) is 93.9 Å². The van der Waals surface area contributed by atoms with Crippen molar-refractivity contribution in [3.8, 4) is 22.8 Å². The van der Waals surface area contributed by atoms with E-state index in [0.717, 1.165) is 4.90 Å². The molecule has 3 aromatic rings. The molecule has 0 bridgehead atoms. The van der Waals surface area contributed by atoms with Crippen LogP contribution in [-0.4, -0.2) is 28.6 Å². The average molecular weight is 409 g/mol. The summed E-state index contributed by atoms with van der Waals surface area (Å²) >= 11 is 0. The fourth-order valence-electron chi connectivity index (χ4n) is 3.51. The van der Waals surface area contributed by atoms with E-state index < -0.39 is 17.5 Å². The number of aromatic nitrogens is 1. The van der Waals surface area contributed by atoms with Crippen LogP contribution in [0.25, 0.3) is 11.3 Å². The Morgan fingerprint density at radius 2 is 1.90 bits per heavy atom. The fraction of sp³-hybridized carbons (Fsp3) is 0.190. The van der Waals surface area contributed by atoms with Crippen LogP contribution in [0.2, 0.25) is 0 Å². The van der Waals surface area contributed by atoms with Crippen LogP contribution < -0.4 is 14.8 Å². The molecule has 1 aromatic heterocycles. The maximum absolute atomic E-state index is 13.1. The number of benzene rings is 2. The summed E-state index contributed by atoms with van der Waals surface area (Å²) in [5.74, 6) is 0.909. The van der Waals surface area contributed by atoms with E-state index in [1.165, 1.54) is 18.3 Å². The van der Waals surface area contributed by atoms with E-state index in [9.17, 15) is 14.0 Å². The zero-order chi connectivity index (χ0) is 20.9. The first-order valence-corrected chi connectivity index (χ1v) is 9.19. The van der Waals surface area contributed by atoms with Crippen molar-refractivity contribution in [2.75, 3.05) is 6.79 Å². The minimum Gasteiger partial charge on any atom is -0.454 e. The van der Waals surface area contributed by atoms with E-state index in [1.54, 1.807) is 37.3 Å².